The summed E-state index contributed by atoms with van der Waals surface area (Å²) in [5.41, 5.74) is -0.0400. The van der Waals surface area contributed by atoms with Crippen LogP contribution in [0.3, 0.4) is 0 Å². The van der Waals surface area contributed by atoms with Crippen LogP contribution in [0.15, 0.2) is 24.3 Å². The molecule has 1 aromatic carbocycles. The quantitative estimate of drug-likeness (QED) is 0.658. The molecule has 9 heteroatoms. The third-order valence-corrected chi connectivity index (χ3v) is 5.33. The Balaban J connectivity index is 1.51. The lowest BCUT2D eigenvalue weighted by Gasteiger charge is -2.29. The van der Waals surface area contributed by atoms with E-state index in [9.17, 15) is 18.0 Å². The molecule has 1 aliphatic rings. The molecular formula is C19H22ClF3N4O. The number of amides is 1. The fraction of sp³-hybridized carbons (Fsp3) is 0.474. The predicted octanol–water partition coefficient (Wildman–Crippen LogP) is 4.79. The van der Waals surface area contributed by atoms with Gasteiger partial charge in [0.25, 0.3) is 5.91 Å². The maximum atomic E-state index is 12.9. The molecule has 1 saturated carbocycles. The Labute approximate surface area is 166 Å². The lowest BCUT2D eigenvalue weighted by Crippen LogP contribution is -2.38. The largest absolute Gasteiger partial charge is 0.416 e. The highest BCUT2D eigenvalue weighted by molar-refractivity contribution is 6.33. The topological polar surface area (TPSA) is 69.8 Å². The van der Waals surface area contributed by atoms with Gasteiger partial charge in [-0.2, -0.15) is 18.3 Å². The van der Waals surface area contributed by atoms with E-state index in [-0.39, 0.29) is 16.6 Å². The van der Waals surface area contributed by atoms with Crippen LogP contribution in [0, 0.1) is 12.8 Å². The number of aryl methyl sites for hydroxylation is 1. The minimum absolute atomic E-state index is 0.0117. The number of benzene rings is 1. The first-order chi connectivity index (χ1) is 13.2. The second-order valence-electron chi connectivity index (χ2n) is 7.20. The van der Waals surface area contributed by atoms with Gasteiger partial charge in [0.1, 0.15) is 5.82 Å². The average molecular weight is 415 g/mol. The highest BCUT2D eigenvalue weighted by Gasteiger charge is 2.32. The molecule has 0 aliphatic heterocycles. The normalized spacial score (nSPS) is 20.0. The molecule has 0 bridgehead atoms. The molecule has 3 rings (SSSR count). The number of H-pyrrole nitrogens is 1. The van der Waals surface area contributed by atoms with Crippen molar-refractivity contribution in [2.75, 3.05) is 11.9 Å². The summed E-state index contributed by atoms with van der Waals surface area (Å²) in [5, 5.41) is 13.1. The summed E-state index contributed by atoms with van der Waals surface area (Å²) in [5.74, 6) is 0.707. The van der Waals surface area contributed by atoms with Crippen molar-refractivity contribution in [2.24, 2.45) is 5.92 Å². The molecule has 1 aromatic heterocycles. The molecule has 0 unspecified atom stereocenters. The first-order valence-electron chi connectivity index (χ1n) is 9.16. The van der Waals surface area contributed by atoms with Crippen molar-refractivity contribution in [1.29, 1.82) is 0 Å². The minimum atomic E-state index is -4.52. The van der Waals surface area contributed by atoms with Crippen LogP contribution in [-0.2, 0) is 6.18 Å². The van der Waals surface area contributed by atoms with Gasteiger partial charge in [-0.25, -0.2) is 0 Å². The van der Waals surface area contributed by atoms with E-state index in [0.717, 1.165) is 61.9 Å². The van der Waals surface area contributed by atoms with Crippen LogP contribution >= 0.6 is 11.6 Å². The number of hydrogen-bond acceptors (Lipinski definition) is 3. The van der Waals surface area contributed by atoms with Crippen molar-refractivity contribution in [2.45, 2.75) is 44.8 Å². The van der Waals surface area contributed by atoms with Crippen LogP contribution < -0.4 is 10.6 Å². The van der Waals surface area contributed by atoms with Crippen LogP contribution in [0.1, 0.15) is 47.3 Å². The third kappa shape index (κ3) is 5.19. The Kier molecular flexibility index (Phi) is 6.17. The maximum Gasteiger partial charge on any atom is 0.416 e. The second-order valence-corrected chi connectivity index (χ2v) is 7.61. The van der Waals surface area contributed by atoms with Crippen molar-refractivity contribution >= 4 is 23.3 Å². The van der Waals surface area contributed by atoms with E-state index in [1.165, 1.54) is 0 Å². The molecule has 0 atom stereocenters. The van der Waals surface area contributed by atoms with E-state index < -0.39 is 17.6 Å². The maximum absolute atomic E-state index is 12.9. The first-order valence-corrected chi connectivity index (χ1v) is 9.53. The van der Waals surface area contributed by atoms with Crippen molar-refractivity contribution < 1.29 is 18.0 Å². The summed E-state index contributed by atoms with van der Waals surface area (Å²) in [6, 6.07) is 4.66. The molecule has 1 fully saturated rings. The summed E-state index contributed by atoms with van der Waals surface area (Å²) in [6.07, 6.45) is -1.14. The van der Waals surface area contributed by atoms with Gasteiger partial charge in [-0.1, -0.05) is 11.6 Å². The van der Waals surface area contributed by atoms with Gasteiger partial charge in [-0.05, 0) is 56.7 Å². The Morgan fingerprint density at radius 2 is 1.96 bits per heavy atom. The van der Waals surface area contributed by atoms with Gasteiger partial charge in [0.05, 0.1) is 16.1 Å². The number of carbonyl (C=O) groups excluding carboxylic acids is 1. The highest BCUT2D eigenvalue weighted by Crippen LogP contribution is 2.32. The number of aromatic nitrogens is 2. The lowest BCUT2D eigenvalue weighted by atomic mass is 9.86. The third-order valence-electron chi connectivity index (χ3n) is 5.00. The Bertz CT molecular complexity index is 829. The second kappa shape index (κ2) is 8.43. The van der Waals surface area contributed by atoms with E-state index in [1.807, 2.05) is 13.0 Å². The average Bonchev–Trinajstić information content (AvgIpc) is 3.06. The Hall–Kier alpha value is -2.22. The standard InChI is InChI=1S/C19H22ClF3N4O/c1-11-8-17(27-26-11)24-10-12-2-5-14(6-3-12)25-18(28)15-9-13(19(21,22)23)4-7-16(15)20/h4,7-9,12,14H,2-3,5-6,10H2,1H3,(H,25,28)(H2,24,26,27). The van der Waals surface area contributed by atoms with Crippen LogP contribution in [0.5, 0.6) is 0 Å². The number of nitrogens with zero attached hydrogens (tertiary/aromatic N) is 1. The van der Waals surface area contributed by atoms with Crippen molar-refractivity contribution in [3.05, 3.63) is 46.1 Å². The number of alkyl halides is 3. The van der Waals surface area contributed by atoms with E-state index in [2.05, 4.69) is 20.8 Å². The lowest BCUT2D eigenvalue weighted by molar-refractivity contribution is -0.137. The fourth-order valence-corrected chi connectivity index (χ4v) is 3.61. The molecule has 3 N–H and O–H groups in total. The summed E-state index contributed by atoms with van der Waals surface area (Å²) in [7, 11) is 0. The molecule has 2 aromatic rings. The Morgan fingerprint density at radius 1 is 1.25 bits per heavy atom. The zero-order chi connectivity index (χ0) is 20.3. The zero-order valence-electron chi connectivity index (χ0n) is 15.4. The molecule has 0 spiro atoms. The molecule has 1 heterocycles. The van der Waals surface area contributed by atoms with Crippen LogP contribution in [0.25, 0.3) is 0 Å². The van der Waals surface area contributed by atoms with Gasteiger partial charge in [0, 0.05) is 24.3 Å². The molecule has 1 amide bonds. The number of carbonyl (C=O) groups is 1. The van der Waals surface area contributed by atoms with Crippen molar-refractivity contribution in [3.63, 3.8) is 0 Å². The van der Waals surface area contributed by atoms with E-state index in [4.69, 9.17) is 11.6 Å². The van der Waals surface area contributed by atoms with Gasteiger partial charge in [-0.15, -0.1) is 0 Å². The molecule has 0 saturated heterocycles. The van der Waals surface area contributed by atoms with E-state index in [0.29, 0.717) is 5.92 Å². The number of hydrogen-bond donors (Lipinski definition) is 3. The molecule has 152 valence electrons. The minimum Gasteiger partial charge on any atom is -0.368 e. The van der Waals surface area contributed by atoms with Crippen LogP contribution in [0.2, 0.25) is 5.02 Å². The van der Waals surface area contributed by atoms with Crippen LogP contribution in [0.4, 0.5) is 19.0 Å². The van der Waals surface area contributed by atoms with Crippen molar-refractivity contribution in [3.8, 4) is 0 Å². The number of rotatable bonds is 5. The van der Waals surface area contributed by atoms with Crippen LogP contribution in [-0.4, -0.2) is 28.7 Å². The first kappa shape index (κ1) is 20.5. The molecule has 1 aliphatic carbocycles. The monoisotopic (exact) mass is 414 g/mol. The number of halogens is 4. The highest BCUT2D eigenvalue weighted by atomic mass is 35.5. The SMILES string of the molecule is Cc1cc(NCC2CCC(NC(=O)c3cc(C(F)(F)F)ccc3Cl)CC2)n[nH]1. The Morgan fingerprint density at radius 3 is 2.57 bits per heavy atom. The molecule has 5 nitrogen and oxygen atoms in total. The number of anilines is 1. The smallest absolute Gasteiger partial charge is 0.368 e. The van der Waals surface area contributed by atoms with E-state index >= 15 is 0 Å². The zero-order valence-corrected chi connectivity index (χ0v) is 16.1. The number of aromatic amines is 1. The van der Waals surface area contributed by atoms with Gasteiger partial charge >= 0.3 is 6.18 Å². The van der Waals surface area contributed by atoms with Gasteiger partial charge in [0.15, 0.2) is 0 Å². The molecule has 0 radical (unpaired) electrons. The van der Waals surface area contributed by atoms with Crippen molar-refractivity contribution in [1.82, 2.24) is 15.5 Å². The summed E-state index contributed by atoms with van der Waals surface area (Å²) < 4.78 is 38.6. The summed E-state index contributed by atoms with van der Waals surface area (Å²) in [6.45, 7) is 2.73. The van der Waals surface area contributed by atoms with Gasteiger partial charge in [-0.3, -0.25) is 9.89 Å². The fourth-order valence-electron chi connectivity index (χ4n) is 3.41. The van der Waals surface area contributed by atoms with E-state index in [1.54, 1.807) is 0 Å². The molecule has 28 heavy (non-hydrogen) atoms. The summed E-state index contributed by atoms with van der Waals surface area (Å²) in [4.78, 5) is 12.4. The predicted molar refractivity (Wildman–Crippen MR) is 101 cm³/mol. The number of nitrogens with one attached hydrogen (secondary N) is 3. The van der Waals surface area contributed by atoms with Gasteiger partial charge < -0.3 is 10.6 Å². The van der Waals surface area contributed by atoms with Gasteiger partial charge in [0.2, 0.25) is 0 Å². The summed E-state index contributed by atoms with van der Waals surface area (Å²) >= 11 is 5.94. The molecular weight excluding hydrogens is 393 g/mol.